The van der Waals surface area contributed by atoms with Crippen LogP contribution in [0.25, 0.3) is 17.7 Å². The van der Waals surface area contributed by atoms with Gasteiger partial charge in [-0.15, -0.1) is 0 Å². The number of pyridine rings is 1. The molecule has 1 aliphatic carbocycles. The molecule has 1 aromatic heterocycles. The number of aromatic nitrogens is 1. The van der Waals surface area contributed by atoms with Crippen molar-refractivity contribution >= 4 is 17.7 Å². The van der Waals surface area contributed by atoms with E-state index in [2.05, 4.69) is 71.7 Å². The summed E-state index contributed by atoms with van der Waals surface area (Å²) < 4.78 is 2.27. The van der Waals surface area contributed by atoms with Gasteiger partial charge in [-0.2, -0.15) is 0 Å². The molecule has 1 fully saturated rings. The van der Waals surface area contributed by atoms with Gasteiger partial charge in [-0.1, -0.05) is 35.9 Å². The van der Waals surface area contributed by atoms with Crippen LogP contribution in [0.5, 0.6) is 0 Å². The Labute approximate surface area is 131 Å². The second-order valence-electron chi connectivity index (χ2n) is 6.07. The summed E-state index contributed by atoms with van der Waals surface area (Å²) in [5.41, 5.74) is 8.37. The average Bonchev–Trinajstić information content (AvgIpc) is 2.74. The van der Waals surface area contributed by atoms with Gasteiger partial charge in [0.15, 0.2) is 6.20 Å². The van der Waals surface area contributed by atoms with Crippen LogP contribution in [0.15, 0.2) is 48.2 Å². The van der Waals surface area contributed by atoms with E-state index in [-0.39, 0.29) is 0 Å². The zero-order valence-electron chi connectivity index (χ0n) is 13.0. The maximum absolute atomic E-state index is 3.48. The second kappa shape index (κ2) is 5.54. The van der Waals surface area contributed by atoms with Crippen molar-refractivity contribution in [1.29, 1.82) is 0 Å². The third-order valence-corrected chi connectivity index (χ3v) is 4.68. The Balaban J connectivity index is 2.05. The number of benzene rings is 1. The monoisotopic (exact) mass is 289 g/mol. The van der Waals surface area contributed by atoms with Crippen LogP contribution >= 0.6 is 0 Å². The zero-order chi connectivity index (χ0) is 14.9. The summed E-state index contributed by atoms with van der Waals surface area (Å²) in [5, 5.41) is 3.48. The predicted octanol–water partition coefficient (Wildman–Crippen LogP) is 3.18. The maximum atomic E-state index is 3.48. The molecule has 0 amide bonds. The number of fused-ring (bicyclic) bond motifs is 2. The van der Waals surface area contributed by atoms with E-state index in [4.69, 9.17) is 0 Å². The molecule has 1 aliphatic heterocycles. The lowest BCUT2D eigenvalue weighted by Crippen LogP contribution is -2.34. The highest BCUT2D eigenvalue weighted by molar-refractivity contribution is 5.92. The third-order valence-electron chi connectivity index (χ3n) is 4.68. The summed E-state index contributed by atoms with van der Waals surface area (Å²) in [7, 11) is 2.16. The number of hydrogen-bond acceptors (Lipinski definition) is 1. The van der Waals surface area contributed by atoms with E-state index in [0.717, 1.165) is 25.9 Å². The minimum atomic E-state index is 1.08. The lowest BCUT2D eigenvalue weighted by molar-refractivity contribution is -0.673. The number of piperidine rings is 1. The maximum Gasteiger partial charge on any atom is 0.220 e. The summed E-state index contributed by atoms with van der Waals surface area (Å²) >= 11 is 0. The zero-order valence-corrected chi connectivity index (χ0v) is 13.0. The molecular weight excluding hydrogens is 268 g/mol. The van der Waals surface area contributed by atoms with E-state index in [1.54, 1.807) is 5.57 Å². The van der Waals surface area contributed by atoms with Crippen molar-refractivity contribution in [3.8, 4) is 0 Å². The van der Waals surface area contributed by atoms with Crippen molar-refractivity contribution in [2.75, 3.05) is 13.1 Å². The third kappa shape index (κ3) is 2.20. The molecule has 2 nitrogen and oxygen atoms in total. The Morgan fingerprint density at radius 2 is 1.64 bits per heavy atom. The first-order valence-electron chi connectivity index (χ1n) is 8.04. The summed E-state index contributed by atoms with van der Waals surface area (Å²) in [4.78, 5) is 0. The van der Waals surface area contributed by atoms with Gasteiger partial charge in [0, 0.05) is 11.6 Å². The minimum absolute atomic E-state index is 1.08. The second-order valence-corrected chi connectivity index (χ2v) is 6.07. The molecule has 1 saturated heterocycles. The fourth-order valence-electron chi connectivity index (χ4n) is 3.60. The minimum Gasteiger partial charge on any atom is -0.316 e. The van der Waals surface area contributed by atoms with Gasteiger partial charge in [0.25, 0.3) is 0 Å². The van der Waals surface area contributed by atoms with Crippen molar-refractivity contribution in [2.24, 2.45) is 7.05 Å². The number of nitrogens with zero attached hydrogens (tertiary/aromatic N) is 1. The standard InChI is InChI=1S/C20H21N2/c1-22-14-4-6-17-9-8-15-5-2-3-7-18(15)19(20(17)22)16-10-12-21-13-11-16/h2-9,14,21H,10-13H2,1H3/q+1. The quantitative estimate of drug-likeness (QED) is 0.629. The van der Waals surface area contributed by atoms with Crippen LogP contribution in [0.1, 0.15) is 35.2 Å². The van der Waals surface area contributed by atoms with Crippen LogP contribution in [0.3, 0.4) is 0 Å². The topological polar surface area (TPSA) is 15.9 Å². The Hall–Kier alpha value is -2.19. The van der Waals surface area contributed by atoms with Crippen molar-refractivity contribution in [3.63, 3.8) is 0 Å². The van der Waals surface area contributed by atoms with Crippen molar-refractivity contribution < 1.29 is 4.57 Å². The highest BCUT2D eigenvalue weighted by Gasteiger charge is 2.26. The molecule has 2 aromatic rings. The first-order valence-corrected chi connectivity index (χ1v) is 8.04. The largest absolute Gasteiger partial charge is 0.316 e. The van der Waals surface area contributed by atoms with E-state index < -0.39 is 0 Å². The number of aryl methyl sites for hydroxylation is 1. The Bertz CT molecular complexity index is 776. The van der Waals surface area contributed by atoms with E-state index in [1.165, 1.54) is 28.0 Å². The van der Waals surface area contributed by atoms with Gasteiger partial charge in [0.2, 0.25) is 5.69 Å². The van der Waals surface area contributed by atoms with Crippen LogP contribution in [0, 0.1) is 0 Å². The number of nitrogens with one attached hydrogen (secondary N) is 1. The molecule has 0 saturated carbocycles. The number of hydrogen-bond donors (Lipinski definition) is 1. The van der Waals surface area contributed by atoms with Crippen LogP contribution in [0.2, 0.25) is 0 Å². The molecular formula is C20H21N2+. The van der Waals surface area contributed by atoms with Crippen molar-refractivity contribution in [2.45, 2.75) is 12.8 Å². The van der Waals surface area contributed by atoms with Gasteiger partial charge in [-0.05, 0) is 49.2 Å². The van der Waals surface area contributed by atoms with Crippen LogP contribution in [-0.2, 0) is 7.05 Å². The van der Waals surface area contributed by atoms with Gasteiger partial charge in [-0.3, -0.25) is 0 Å². The van der Waals surface area contributed by atoms with Gasteiger partial charge in [0.05, 0.1) is 5.57 Å². The molecule has 0 bridgehead atoms. The Morgan fingerprint density at radius 3 is 2.50 bits per heavy atom. The first kappa shape index (κ1) is 13.5. The van der Waals surface area contributed by atoms with Crippen LogP contribution < -0.4 is 9.88 Å². The molecule has 22 heavy (non-hydrogen) atoms. The van der Waals surface area contributed by atoms with Crippen LogP contribution in [0.4, 0.5) is 0 Å². The lowest BCUT2D eigenvalue weighted by Gasteiger charge is -2.20. The van der Waals surface area contributed by atoms with E-state index in [1.807, 2.05) is 0 Å². The molecule has 1 N–H and O–H groups in total. The van der Waals surface area contributed by atoms with E-state index in [0.29, 0.717) is 0 Å². The molecule has 1 aromatic carbocycles. The average molecular weight is 289 g/mol. The highest BCUT2D eigenvalue weighted by Crippen LogP contribution is 2.36. The Morgan fingerprint density at radius 1 is 0.909 bits per heavy atom. The number of rotatable bonds is 0. The van der Waals surface area contributed by atoms with E-state index in [9.17, 15) is 0 Å². The molecule has 110 valence electrons. The summed E-state index contributed by atoms with van der Waals surface area (Å²) in [6.45, 7) is 2.17. The fourth-order valence-corrected chi connectivity index (χ4v) is 3.60. The molecule has 0 spiro atoms. The SMILES string of the molecule is C[n+]1cccc2c1C(=C1CCNCC1)c1ccccc1C=C2. The van der Waals surface area contributed by atoms with Crippen molar-refractivity contribution in [3.05, 3.63) is 70.6 Å². The summed E-state index contributed by atoms with van der Waals surface area (Å²) in [6, 6.07) is 13.1. The molecule has 2 heterocycles. The first-order chi connectivity index (χ1) is 10.8. The molecule has 2 heteroatoms. The molecule has 2 aliphatic rings. The van der Waals surface area contributed by atoms with Gasteiger partial charge < -0.3 is 5.32 Å². The summed E-state index contributed by atoms with van der Waals surface area (Å²) in [5.74, 6) is 0. The summed E-state index contributed by atoms with van der Waals surface area (Å²) in [6.07, 6.45) is 8.93. The normalized spacial score (nSPS) is 17.0. The highest BCUT2D eigenvalue weighted by atomic mass is 14.9. The van der Waals surface area contributed by atoms with Crippen molar-refractivity contribution in [1.82, 2.24) is 5.32 Å². The van der Waals surface area contributed by atoms with Crippen LogP contribution in [-0.4, -0.2) is 13.1 Å². The van der Waals surface area contributed by atoms with Gasteiger partial charge in [0.1, 0.15) is 7.05 Å². The smallest absolute Gasteiger partial charge is 0.220 e. The van der Waals surface area contributed by atoms with E-state index >= 15 is 0 Å². The molecule has 0 atom stereocenters. The molecule has 4 rings (SSSR count). The fraction of sp³-hybridized carbons (Fsp3) is 0.250. The van der Waals surface area contributed by atoms with Gasteiger partial charge in [-0.25, -0.2) is 4.57 Å². The lowest BCUT2D eigenvalue weighted by atomic mass is 9.88. The molecule has 0 radical (unpaired) electrons. The van der Waals surface area contributed by atoms with Gasteiger partial charge >= 0.3 is 0 Å². The Kier molecular flexibility index (Phi) is 3.39. The molecule has 0 unspecified atom stereocenters. The predicted molar refractivity (Wildman–Crippen MR) is 91.1 cm³/mol.